The minimum Gasteiger partial charge on any atom is -0.387 e. The maximum atomic E-state index is 5.84. The Labute approximate surface area is 179 Å². The van der Waals surface area contributed by atoms with E-state index in [1.54, 1.807) is 0 Å². The number of hydrogen-bond donors (Lipinski definition) is 0. The molecule has 1 saturated heterocycles. The van der Waals surface area contributed by atoms with Crippen molar-refractivity contribution in [3.05, 3.63) is 35.9 Å². The Balaban J connectivity index is 1.28. The summed E-state index contributed by atoms with van der Waals surface area (Å²) in [5.74, 6) is 2.59. The summed E-state index contributed by atoms with van der Waals surface area (Å²) in [5.41, 5.74) is 2.60. The van der Waals surface area contributed by atoms with E-state index >= 15 is 0 Å². The van der Waals surface area contributed by atoms with E-state index in [1.807, 2.05) is 0 Å². The molecule has 3 nitrogen and oxygen atoms in total. The van der Waals surface area contributed by atoms with Crippen LogP contribution in [0.15, 0.2) is 35.5 Å². The van der Waals surface area contributed by atoms with E-state index in [0.717, 1.165) is 18.3 Å². The predicted octanol–water partition coefficient (Wildman–Crippen LogP) is 6.76. The molecular weight excluding hydrogens is 375 g/mol. The van der Waals surface area contributed by atoms with Gasteiger partial charge >= 0.3 is 0 Å². The normalized spacial score (nSPS) is 30.9. The number of hydrogen-bond acceptors (Lipinski definition) is 3. The molecule has 3 aliphatic rings. The van der Waals surface area contributed by atoms with Crippen LogP contribution in [0.3, 0.4) is 0 Å². The molecule has 4 rings (SSSR count). The summed E-state index contributed by atoms with van der Waals surface area (Å²) in [7, 11) is 2.90. The van der Waals surface area contributed by atoms with Crippen molar-refractivity contribution in [1.82, 2.24) is 4.67 Å². The lowest BCUT2D eigenvalue weighted by Crippen LogP contribution is -2.30. The van der Waals surface area contributed by atoms with Crippen LogP contribution < -0.4 is 0 Å². The van der Waals surface area contributed by atoms with Gasteiger partial charge in [-0.25, -0.2) is 0 Å². The van der Waals surface area contributed by atoms with Crippen molar-refractivity contribution in [2.75, 3.05) is 13.1 Å². The maximum absolute atomic E-state index is 5.84. The molecule has 29 heavy (non-hydrogen) atoms. The first kappa shape index (κ1) is 21.3. The molecule has 2 fully saturated rings. The van der Waals surface area contributed by atoms with Crippen LogP contribution in [-0.4, -0.2) is 23.5 Å². The van der Waals surface area contributed by atoms with Crippen molar-refractivity contribution in [2.45, 2.75) is 83.2 Å². The Hall–Kier alpha value is -0.920. The number of nitrogens with zero attached hydrogens (tertiary/aromatic N) is 2. The minimum atomic E-state index is 0.136. The number of benzene rings is 1. The van der Waals surface area contributed by atoms with Gasteiger partial charge < -0.3 is 4.84 Å². The third-order valence-corrected chi connectivity index (χ3v) is 8.10. The van der Waals surface area contributed by atoms with E-state index in [9.17, 15) is 0 Å². The fourth-order valence-electron chi connectivity index (χ4n) is 5.74. The van der Waals surface area contributed by atoms with Crippen molar-refractivity contribution in [3.63, 3.8) is 0 Å². The quantitative estimate of drug-likeness (QED) is 0.510. The van der Waals surface area contributed by atoms with Gasteiger partial charge in [0, 0.05) is 25.4 Å². The Morgan fingerprint density at radius 3 is 2.17 bits per heavy atom. The van der Waals surface area contributed by atoms with Crippen LogP contribution in [0.2, 0.25) is 0 Å². The lowest BCUT2D eigenvalue weighted by molar-refractivity contribution is 0.0856. The summed E-state index contributed by atoms with van der Waals surface area (Å²) in [6.07, 6.45) is 16.4. The van der Waals surface area contributed by atoms with Gasteiger partial charge in [0.15, 0.2) is 6.10 Å². The molecule has 1 aromatic rings. The average Bonchev–Trinajstić information content (AvgIpc) is 3.23. The first-order chi connectivity index (χ1) is 14.3. The molecule has 0 radical (unpaired) electrons. The average molecular weight is 415 g/mol. The van der Waals surface area contributed by atoms with E-state index < -0.39 is 0 Å². The van der Waals surface area contributed by atoms with Crippen LogP contribution in [0.4, 0.5) is 0 Å². The summed E-state index contributed by atoms with van der Waals surface area (Å²) in [4.78, 5) is 5.84. The Morgan fingerprint density at radius 1 is 0.793 bits per heavy atom. The van der Waals surface area contributed by atoms with Crippen LogP contribution in [0.1, 0.15) is 88.7 Å². The topological polar surface area (TPSA) is 24.8 Å². The lowest BCUT2D eigenvalue weighted by Gasteiger charge is -2.34. The molecule has 0 bridgehead atoms. The van der Waals surface area contributed by atoms with Crippen LogP contribution >= 0.6 is 9.39 Å². The van der Waals surface area contributed by atoms with E-state index in [0.29, 0.717) is 5.92 Å². The summed E-state index contributed by atoms with van der Waals surface area (Å²) in [6, 6.07) is 10.6. The SMILES string of the molecule is PN1CCC(C2CCCCCC(C3=NOC(c4ccccc4)C3)CCCC2)CC1. The van der Waals surface area contributed by atoms with Gasteiger partial charge in [0.25, 0.3) is 0 Å². The summed E-state index contributed by atoms with van der Waals surface area (Å²) in [5, 5.41) is 4.57. The molecular formula is C25H39N2OP. The molecule has 0 aromatic heterocycles. The minimum absolute atomic E-state index is 0.136. The molecule has 4 heteroatoms. The standard InChI is InChI=1S/C25H39N2OP/c29-27-17-15-21(16-18-27)20-9-3-1-4-11-22(12-8-7-10-20)24-19-25(28-26-24)23-13-5-2-6-14-23/h2,5-6,13-14,20-22,25H,1,3-4,7-12,15-19,29H2. The van der Waals surface area contributed by atoms with Gasteiger partial charge in [0.2, 0.25) is 0 Å². The number of piperidine rings is 1. The van der Waals surface area contributed by atoms with E-state index in [-0.39, 0.29) is 6.10 Å². The molecule has 160 valence electrons. The number of rotatable bonds is 3. The summed E-state index contributed by atoms with van der Waals surface area (Å²) >= 11 is 0. The molecule has 1 aromatic carbocycles. The first-order valence-electron chi connectivity index (χ1n) is 12.1. The van der Waals surface area contributed by atoms with Crippen LogP contribution in [0.5, 0.6) is 0 Å². The molecule has 2 heterocycles. The maximum Gasteiger partial charge on any atom is 0.157 e. The fraction of sp³-hybridized carbons (Fsp3) is 0.720. The highest BCUT2D eigenvalue weighted by atomic mass is 31.0. The highest BCUT2D eigenvalue weighted by Gasteiger charge is 2.29. The van der Waals surface area contributed by atoms with Crippen molar-refractivity contribution in [3.8, 4) is 0 Å². The lowest BCUT2D eigenvalue weighted by atomic mass is 9.79. The van der Waals surface area contributed by atoms with Crippen molar-refractivity contribution < 1.29 is 4.84 Å². The molecule has 0 spiro atoms. The van der Waals surface area contributed by atoms with Crippen molar-refractivity contribution in [1.29, 1.82) is 0 Å². The monoisotopic (exact) mass is 414 g/mol. The summed E-state index contributed by atoms with van der Waals surface area (Å²) in [6.45, 7) is 2.55. The van der Waals surface area contributed by atoms with Crippen molar-refractivity contribution in [2.24, 2.45) is 22.9 Å². The van der Waals surface area contributed by atoms with Crippen LogP contribution in [-0.2, 0) is 4.84 Å². The van der Waals surface area contributed by atoms with Gasteiger partial charge in [0.1, 0.15) is 0 Å². The smallest absolute Gasteiger partial charge is 0.157 e. The largest absolute Gasteiger partial charge is 0.387 e. The Morgan fingerprint density at radius 2 is 1.41 bits per heavy atom. The third kappa shape index (κ3) is 6.05. The summed E-state index contributed by atoms with van der Waals surface area (Å²) < 4.78 is 2.43. The highest BCUT2D eigenvalue weighted by molar-refractivity contribution is 7.13. The fourth-order valence-corrected chi connectivity index (χ4v) is 6.04. The van der Waals surface area contributed by atoms with E-state index in [2.05, 4.69) is 49.5 Å². The molecule has 1 aliphatic carbocycles. The Kier molecular flexibility index (Phi) is 8.02. The van der Waals surface area contributed by atoms with Crippen LogP contribution in [0.25, 0.3) is 0 Å². The van der Waals surface area contributed by atoms with E-state index in [4.69, 9.17) is 4.84 Å². The van der Waals surface area contributed by atoms with Gasteiger partial charge in [-0.3, -0.25) is 4.67 Å². The zero-order valence-electron chi connectivity index (χ0n) is 18.0. The van der Waals surface area contributed by atoms with Gasteiger partial charge in [0.05, 0.1) is 5.71 Å². The van der Waals surface area contributed by atoms with Gasteiger partial charge in [-0.15, -0.1) is 0 Å². The predicted molar refractivity (Wildman–Crippen MR) is 125 cm³/mol. The van der Waals surface area contributed by atoms with E-state index in [1.165, 1.54) is 95.0 Å². The highest BCUT2D eigenvalue weighted by Crippen LogP contribution is 2.36. The second-order valence-electron chi connectivity index (χ2n) is 9.54. The molecule has 0 N–H and O–H groups in total. The zero-order valence-corrected chi connectivity index (χ0v) is 19.1. The first-order valence-corrected chi connectivity index (χ1v) is 12.6. The third-order valence-electron chi connectivity index (χ3n) is 7.58. The van der Waals surface area contributed by atoms with Crippen molar-refractivity contribution >= 4 is 15.1 Å². The molecule has 4 atom stereocenters. The molecule has 1 saturated carbocycles. The Bertz CT molecular complexity index is 641. The van der Waals surface area contributed by atoms with Gasteiger partial charge in [-0.2, -0.15) is 0 Å². The van der Waals surface area contributed by atoms with Gasteiger partial charge in [-0.1, -0.05) is 89.8 Å². The molecule has 2 aliphatic heterocycles. The second kappa shape index (κ2) is 10.9. The zero-order chi connectivity index (χ0) is 19.9. The molecule has 4 unspecified atom stereocenters. The van der Waals surface area contributed by atoms with Gasteiger partial charge in [-0.05, 0) is 43.1 Å². The van der Waals surface area contributed by atoms with Crippen LogP contribution in [0, 0.1) is 17.8 Å². The number of oxime groups is 1. The second-order valence-corrected chi connectivity index (χ2v) is 10.3. The molecule has 0 amide bonds.